The van der Waals surface area contributed by atoms with Crippen molar-refractivity contribution in [2.24, 2.45) is 0 Å². The lowest BCUT2D eigenvalue weighted by Crippen LogP contribution is -2.22. The van der Waals surface area contributed by atoms with Crippen LogP contribution < -0.4 is 14.2 Å². The van der Waals surface area contributed by atoms with Gasteiger partial charge >= 0.3 is 5.97 Å². The van der Waals surface area contributed by atoms with Crippen molar-refractivity contribution in [3.8, 4) is 17.2 Å². The predicted octanol–water partition coefficient (Wildman–Crippen LogP) is 4.25. The molecule has 0 fully saturated rings. The molecule has 1 N–H and O–H groups in total. The second-order valence-electron chi connectivity index (χ2n) is 6.20. The van der Waals surface area contributed by atoms with E-state index in [0.29, 0.717) is 41.0 Å². The summed E-state index contributed by atoms with van der Waals surface area (Å²) >= 11 is 6.25. The highest BCUT2D eigenvalue weighted by Gasteiger charge is 2.15. The van der Waals surface area contributed by atoms with Gasteiger partial charge in [-0.3, -0.25) is 4.79 Å². The summed E-state index contributed by atoms with van der Waals surface area (Å²) in [7, 11) is 0. The van der Waals surface area contributed by atoms with Crippen molar-refractivity contribution in [1.29, 1.82) is 0 Å². The van der Waals surface area contributed by atoms with Crippen molar-refractivity contribution < 1.29 is 28.9 Å². The molecule has 6 nitrogen and oxygen atoms in total. The van der Waals surface area contributed by atoms with Crippen LogP contribution in [0.25, 0.3) is 6.08 Å². The number of rotatable bonds is 6. The second-order valence-corrected chi connectivity index (χ2v) is 6.61. The van der Waals surface area contributed by atoms with Gasteiger partial charge in [-0.1, -0.05) is 17.7 Å². The second kappa shape index (κ2) is 8.80. The fourth-order valence-electron chi connectivity index (χ4n) is 2.57. The predicted molar refractivity (Wildman–Crippen MR) is 105 cm³/mol. The van der Waals surface area contributed by atoms with Crippen LogP contribution >= 0.6 is 11.6 Å². The van der Waals surface area contributed by atoms with Crippen molar-refractivity contribution in [1.82, 2.24) is 0 Å². The molecule has 0 bridgehead atoms. The first kappa shape index (κ1) is 19.8. The number of fused-ring (bicyclic) bond motifs is 1. The van der Waals surface area contributed by atoms with Crippen molar-refractivity contribution in [2.45, 2.75) is 19.4 Å². The molecule has 0 radical (unpaired) electrons. The number of carboxylic acid groups (broad SMARTS) is 1. The van der Waals surface area contributed by atoms with Gasteiger partial charge in [0.05, 0.1) is 18.2 Å². The first-order chi connectivity index (χ1) is 13.4. The lowest BCUT2D eigenvalue weighted by atomic mass is 10.1. The maximum Gasteiger partial charge on any atom is 0.344 e. The molecule has 1 aliphatic heterocycles. The molecular weight excluding hydrogens is 384 g/mol. The van der Waals surface area contributed by atoms with Gasteiger partial charge in [-0.15, -0.1) is 0 Å². The van der Waals surface area contributed by atoms with Crippen molar-refractivity contribution >= 4 is 29.4 Å². The van der Waals surface area contributed by atoms with E-state index in [1.165, 1.54) is 13.0 Å². The normalized spacial score (nSPS) is 14.4. The molecule has 2 aromatic carbocycles. The summed E-state index contributed by atoms with van der Waals surface area (Å²) < 4.78 is 16.5. The number of carboxylic acids is 1. The molecule has 1 unspecified atom stereocenters. The van der Waals surface area contributed by atoms with Crippen LogP contribution in [-0.4, -0.2) is 36.2 Å². The molecule has 0 spiro atoms. The number of aliphatic carboxylic acids is 1. The summed E-state index contributed by atoms with van der Waals surface area (Å²) in [6.45, 7) is 2.53. The van der Waals surface area contributed by atoms with E-state index in [-0.39, 0.29) is 5.78 Å². The summed E-state index contributed by atoms with van der Waals surface area (Å²) in [6, 6.07) is 9.77. The van der Waals surface area contributed by atoms with E-state index in [1.54, 1.807) is 42.5 Å². The summed E-state index contributed by atoms with van der Waals surface area (Å²) in [4.78, 5) is 23.2. The lowest BCUT2D eigenvalue weighted by Gasteiger charge is -2.10. The number of halogens is 1. The Labute approximate surface area is 167 Å². The lowest BCUT2D eigenvalue weighted by molar-refractivity contribution is -0.144. The summed E-state index contributed by atoms with van der Waals surface area (Å²) in [6.07, 6.45) is 2.90. The topological polar surface area (TPSA) is 82.1 Å². The number of carbonyl (C=O) groups is 2. The summed E-state index contributed by atoms with van der Waals surface area (Å²) in [5, 5.41) is 9.29. The Kier molecular flexibility index (Phi) is 6.21. The summed E-state index contributed by atoms with van der Waals surface area (Å²) in [5.41, 5.74) is 1.17. The molecule has 0 amide bonds. The zero-order chi connectivity index (χ0) is 20.1. The number of hydrogen-bond acceptors (Lipinski definition) is 5. The van der Waals surface area contributed by atoms with Gasteiger partial charge in [0.1, 0.15) is 5.75 Å². The quantitative estimate of drug-likeness (QED) is 0.574. The SMILES string of the molecule is CC(Oc1ccc(C(=O)/C=C/c2cc(Cl)c3c(c2)OCCCO3)cc1)C(=O)O. The molecule has 0 saturated heterocycles. The molecule has 1 heterocycles. The zero-order valence-corrected chi connectivity index (χ0v) is 15.9. The van der Waals surface area contributed by atoms with Crippen LogP contribution in [0.2, 0.25) is 5.02 Å². The first-order valence-electron chi connectivity index (χ1n) is 8.75. The highest BCUT2D eigenvalue weighted by molar-refractivity contribution is 6.32. The first-order valence-corrected chi connectivity index (χ1v) is 9.13. The molecule has 0 aromatic heterocycles. The third kappa shape index (κ3) is 4.84. The maximum absolute atomic E-state index is 12.4. The Hall–Kier alpha value is -2.99. The van der Waals surface area contributed by atoms with Crippen LogP contribution in [0.4, 0.5) is 0 Å². The van der Waals surface area contributed by atoms with Gasteiger partial charge in [0.25, 0.3) is 0 Å². The van der Waals surface area contributed by atoms with E-state index in [1.807, 2.05) is 0 Å². The third-order valence-electron chi connectivity index (χ3n) is 4.05. The van der Waals surface area contributed by atoms with E-state index >= 15 is 0 Å². The average molecular weight is 403 g/mol. The molecule has 28 heavy (non-hydrogen) atoms. The molecular formula is C21H19ClO6. The van der Waals surface area contributed by atoms with Gasteiger partial charge in [-0.2, -0.15) is 0 Å². The Morgan fingerprint density at radius 1 is 1.18 bits per heavy atom. The highest BCUT2D eigenvalue weighted by Crippen LogP contribution is 2.38. The number of benzene rings is 2. The standard InChI is InChI=1S/C21H19ClO6/c1-13(21(24)25)28-16-6-4-15(5-7-16)18(23)8-3-14-11-17(22)20-19(12-14)26-9-2-10-27-20/h3-8,11-13H,2,9-10H2,1H3,(H,24,25)/b8-3+. The minimum atomic E-state index is -1.06. The Morgan fingerprint density at radius 2 is 1.89 bits per heavy atom. The number of allylic oxidation sites excluding steroid dienone is 1. The minimum absolute atomic E-state index is 0.207. The van der Waals surface area contributed by atoms with E-state index < -0.39 is 12.1 Å². The van der Waals surface area contributed by atoms with E-state index in [0.717, 1.165) is 12.0 Å². The van der Waals surface area contributed by atoms with Crippen LogP contribution in [0.3, 0.4) is 0 Å². The average Bonchev–Trinajstić information content (AvgIpc) is 2.92. The van der Waals surface area contributed by atoms with Gasteiger partial charge in [0, 0.05) is 12.0 Å². The number of hydrogen-bond donors (Lipinski definition) is 1. The molecule has 1 atom stereocenters. The fourth-order valence-corrected chi connectivity index (χ4v) is 2.84. The molecule has 1 aliphatic rings. The van der Waals surface area contributed by atoms with Gasteiger partial charge in [0.15, 0.2) is 23.4 Å². The van der Waals surface area contributed by atoms with Crippen LogP contribution in [-0.2, 0) is 4.79 Å². The van der Waals surface area contributed by atoms with Crippen molar-refractivity contribution in [2.75, 3.05) is 13.2 Å². The fraction of sp³-hybridized carbons (Fsp3) is 0.238. The molecule has 146 valence electrons. The number of ketones is 1. The highest BCUT2D eigenvalue weighted by atomic mass is 35.5. The number of ether oxygens (including phenoxy) is 3. The van der Waals surface area contributed by atoms with Gasteiger partial charge in [0.2, 0.25) is 0 Å². The molecule has 0 saturated carbocycles. The van der Waals surface area contributed by atoms with Gasteiger partial charge in [-0.25, -0.2) is 4.79 Å². The van der Waals surface area contributed by atoms with Gasteiger partial charge < -0.3 is 19.3 Å². The van der Waals surface area contributed by atoms with Crippen LogP contribution in [0.5, 0.6) is 17.2 Å². The Balaban J connectivity index is 1.70. The molecule has 3 rings (SSSR count). The molecule has 2 aromatic rings. The van der Waals surface area contributed by atoms with E-state index in [4.69, 9.17) is 30.9 Å². The molecule has 0 aliphatic carbocycles. The van der Waals surface area contributed by atoms with Crippen LogP contribution in [0.1, 0.15) is 29.3 Å². The van der Waals surface area contributed by atoms with Crippen molar-refractivity contribution in [3.63, 3.8) is 0 Å². The smallest absolute Gasteiger partial charge is 0.344 e. The third-order valence-corrected chi connectivity index (χ3v) is 4.33. The summed E-state index contributed by atoms with van der Waals surface area (Å²) in [5.74, 6) is 0.197. The largest absolute Gasteiger partial charge is 0.489 e. The van der Waals surface area contributed by atoms with Crippen LogP contribution in [0.15, 0.2) is 42.5 Å². The van der Waals surface area contributed by atoms with E-state index in [2.05, 4.69) is 0 Å². The maximum atomic E-state index is 12.4. The van der Waals surface area contributed by atoms with E-state index in [9.17, 15) is 9.59 Å². The Morgan fingerprint density at radius 3 is 2.61 bits per heavy atom. The van der Waals surface area contributed by atoms with Crippen molar-refractivity contribution in [3.05, 3.63) is 58.6 Å². The molecule has 7 heteroatoms. The Bertz CT molecular complexity index is 904. The van der Waals surface area contributed by atoms with Gasteiger partial charge in [-0.05, 0) is 55.0 Å². The number of carbonyl (C=O) groups excluding carboxylic acids is 1. The van der Waals surface area contributed by atoms with Crippen LogP contribution in [0, 0.1) is 0 Å². The monoisotopic (exact) mass is 402 g/mol. The minimum Gasteiger partial charge on any atom is -0.489 e. The zero-order valence-electron chi connectivity index (χ0n) is 15.2.